The summed E-state index contributed by atoms with van der Waals surface area (Å²) in [5.74, 6) is -0.482. The van der Waals surface area contributed by atoms with Crippen LogP contribution in [0.4, 0.5) is 5.69 Å². The van der Waals surface area contributed by atoms with Crippen LogP contribution in [0.25, 0.3) is 0 Å². The minimum atomic E-state index is -0.636. The van der Waals surface area contributed by atoms with Crippen LogP contribution in [0.5, 0.6) is 0 Å². The quantitative estimate of drug-likeness (QED) is 0.523. The zero-order valence-electron chi connectivity index (χ0n) is 10.5. The molecule has 0 atom stereocenters. The minimum absolute atomic E-state index is 0.0482. The van der Waals surface area contributed by atoms with Gasteiger partial charge in [-0.05, 0) is 24.3 Å². The van der Waals surface area contributed by atoms with Crippen molar-refractivity contribution < 1.29 is 9.72 Å². The number of nitro groups is 1. The summed E-state index contributed by atoms with van der Waals surface area (Å²) in [6, 6.07) is 1.22. The molecule has 1 amide bonds. The van der Waals surface area contributed by atoms with E-state index < -0.39 is 10.8 Å². The highest BCUT2D eigenvalue weighted by molar-refractivity contribution is 6.29. The maximum Gasteiger partial charge on any atom is 0.300 e. The number of nitrogens with one attached hydrogen (secondary N) is 1. The predicted molar refractivity (Wildman–Crippen MR) is 70.2 cm³/mol. The highest BCUT2D eigenvalue weighted by Gasteiger charge is 2.32. The van der Waals surface area contributed by atoms with Crippen molar-refractivity contribution in [2.45, 2.75) is 26.2 Å². The van der Waals surface area contributed by atoms with E-state index in [0.29, 0.717) is 6.54 Å². The van der Waals surface area contributed by atoms with Gasteiger partial charge in [-0.15, -0.1) is 0 Å². The number of pyridine rings is 1. The summed E-state index contributed by atoms with van der Waals surface area (Å²) in [5, 5.41) is 13.6. The van der Waals surface area contributed by atoms with E-state index in [-0.39, 0.29) is 21.8 Å². The van der Waals surface area contributed by atoms with Gasteiger partial charge in [-0.25, -0.2) is 4.98 Å². The molecule has 2 rings (SSSR count). The second-order valence-corrected chi connectivity index (χ2v) is 5.52. The second-order valence-electron chi connectivity index (χ2n) is 5.13. The van der Waals surface area contributed by atoms with E-state index >= 15 is 0 Å². The van der Waals surface area contributed by atoms with Gasteiger partial charge in [0.2, 0.25) is 0 Å². The van der Waals surface area contributed by atoms with Crippen molar-refractivity contribution in [2.75, 3.05) is 6.54 Å². The maximum absolute atomic E-state index is 12.0. The lowest BCUT2D eigenvalue weighted by molar-refractivity contribution is -0.385. The molecule has 0 saturated heterocycles. The van der Waals surface area contributed by atoms with E-state index in [1.165, 1.54) is 6.07 Å². The average molecular weight is 284 g/mol. The zero-order chi connectivity index (χ0) is 14.0. The lowest BCUT2D eigenvalue weighted by Gasteiger charge is -2.38. The lowest BCUT2D eigenvalue weighted by Crippen LogP contribution is -2.40. The van der Waals surface area contributed by atoms with Gasteiger partial charge >= 0.3 is 0 Å². The first kappa shape index (κ1) is 13.7. The predicted octanol–water partition coefficient (Wildman–Crippen LogP) is 2.56. The van der Waals surface area contributed by atoms with E-state index in [0.717, 1.165) is 25.5 Å². The van der Waals surface area contributed by atoms with E-state index in [1.807, 2.05) is 0 Å². The highest BCUT2D eigenvalue weighted by Crippen LogP contribution is 2.39. The Morgan fingerprint density at radius 3 is 2.84 bits per heavy atom. The molecular formula is C12H14ClN3O3. The van der Waals surface area contributed by atoms with Crippen molar-refractivity contribution in [3.8, 4) is 0 Å². The van der Waals surface area contributed by atoms with Gasteiger partial charge in [0, 0.05) is 6.54 Å². The zero-order valence-corrected chi connectivity index (χ0v) is 11.2. The molecule has 0 unspecified atom stereocenters. The summed E-state index contributed by atoms with van der Waals surface area (Å²) in [7, 11) is 0. The summed E-state index contributed by atoms with van der Waals surface area (Å²) in [6.45, 7) is 2.60. The molecule has 0 aromatic carbocycles. The molecule has 0 spiro atoms. The molecule has 1 saturated carbocycles. The van der Waals surface area contributed by atoms with Crippen LogP contribution in [-0.4, -0.2) is 22.4 Å². The minimum Gasteiger partial charge on any atom is -0.351 e. The third kappa shape index (κ3) is 3.01. The topological polar surface area (TPSA) is 85.1 Å². The number of nitrogens with zero attached hydrogens (tertiary/aromatic N) is 2. The van der Waals surface area contributed by atoms with Crippen LogP contribution in [0, 0.1) is 15.5 Å². The number of aromatic nitrogens is 1. The fourth-order valence-electron chi connectivity index (χ4n) is 2.10. The summed E-state index contributed by atoms with van der Waals surface area (Å²) in [5.41, 5.74) is -0.269. The Bertz CT molecular complexity index is 529. The fraction of sp³-hybridized carbons (Fsp3) is 0.500. The Morgan fingerprint density at radius 2 is 2.32 bits per heavy atom. The molecule has 6 nitrogen and oxygen atoms in total. The first-order valence-corrected chi connectivity index (χ1v) is 6.37. The molecule has 1 aliphatic carbocycles. The number of hydrogen-bond donors (Lipinski definition) is 1. The molecule has 102 valence electrons. The first-order chi connectivity index (χ1) is 8.91. The van der Waals surface area contributed by atoms with Crippen molar-refractivity contribution in [2.24, 2.45) is 5.41 Å². The Hall–Kier alpha value is -1.69. The van der Waals surface area contributed by atoms with Crippen molar-refractivity contribution >= 4 is 23.2 Å². The van der Waals surface area contributed by atoms with Gasteiger partial charge in [0.1, 0.15) is 16.9 Å². The largest absolute Gasteiger partial charge is 0.351 e. The monoisotopic (exact) mass is 283 g/mol. The van der Waals surface area contributed by atoms with Crippen LogP contribution < -0.4 is 5.32 Å². The summed E-state index contributed by atoms with van der Waals surface area (Å²) in [4.78, 5) is 25.8. The molecular weight excluding hydrogens is 270 g/mol. The van der Waals surface area contributed by atoms with Crippen LogP contribution >= 0.6 is 11.6 Å². The third-order valence-electron chi connectivity index (χ3n) is 3.53. The van der Waals surface area contributed by atoms with Crippen LogP contribution in [-0.2, 0) is 0 Å². The van der Waals surface area contributed by atoms with Gasteiger partial charge in [-0.1, -0.05) is 24.9 Å². The molecule has 1 aliphatic rings. The van der Waals surface area contributed by atoms with Gasteiger partial charge in [-0.2, -0.15) is 0 Å². The average Bonchev–Trinajstić information content (AvgIpc) is 2.33. The Balaban J connectivity index is 2.13. The van der Waals surface area contributed by atoms with Crippen molar-refractivity contribution in [3.05, 3.63) is 33.1 Å². The van der Waals surface area contributed by atoms with Crippen LogP contribution in [0.3, 0.4) is 0 Å². The standard InChI is InChI=1S/C12H14ClN3O3/c1-12(3-2-4-12)7-15-11(17)8-5-10(13)14-6-9(8)16(18)19/h5-6H,2-4,7H2,1H3,(H,15,17). The number of carbonyl (C=O) groups is 1. The fourth-order valence-corrected chi connectivity index (χ4v) is 2.25. The SMILES string of the molecule is CC1(CNC(=O)c2cc(Cl)ncc2[N+](=O)[O-])CCC1. The van der Waals surface area contributed by atoms with Gasteiger partial charge < -0.3 is 5.32 Å². The first-order valence-electron chi connectivity index (χ1n) is 5.99. The second kappa shape index (κ2) is 5.13. The third-order valence-corrected chi connectivity index (χ3v) is 3.73. The molecule has 1 N–H and O–H groups in total. The molecule has 0 aliphatic heterocycles. The summed E-state index contributed by atoms with van der Waals surface area (Å²) < 4.78 is 0. The van der Waals surface area contributed by atoms with E-state index in [2.05, 4.69) is 17.2 Å². The molecule has 1 aromatic rings. The molecule has 19 heavy (non-hydrogen) atoms. The van der Waals surface area contributed by atoms with Crippen molar-refractivity contribution in [1.82, 2.24) is 10.3 Å². The summed E-state index contributed by atoms with van der Waals surface area (Å²) in [6.07, 6.45) is 4.29. The van der Waals surface area contributed by atoms with E-state index in [1.54, 1.807) is 0 Å². The number of rotatable bonds is 4. The summed E-state index contributed by atoms with van der Waals surface area (Å²) >= 11 is 5.68. The van der Waals surface area contributed by atoms with Gasteiger partial charge in [0.15, 0.2) is 0 Å². The van der Waals surface area contributed by atoms with Crippen LogP contribution in [0.15, 0.2) is 12.3 Å². The lowest BCUT2D eigenvalue weighted by atomic mass is 9.70. The number of hydrogen-bond acceptors (Lipinski definition) is 4. The number of halogens is 1. The Labute approximate surface area is 115 Å². The number of carbonyl (C=O) groups excluding carboxylic acids is 1. The van der Waals surface area contributed by atoms with Gasteiger partial charge in [0.05, 0.1) is 4.92 Å². The maximum atomic E-state index is 12.0. The molecule has 7 heteroatoms. The molecule has 1 heterocycles. The van der Waals surface area contributed by atoms with E-state index in [9.17, 15) is 14.9 Å². The molecule has 0 bridgehead atoms. The van der Waals surface area contributed by atoms with Crippen molar-refractivity contribution in [1.29, 1.82) is 0 Å². The van der Waals surface area contributed by atoms with Crippen molar-refractivity contribution in [3.63, 3.8) is 0 Å². The van der Waals surface area contributed by atoms with Crippen LogP contribution in [0.2, 0.25) is 5.15 Å². The Kier molecular flexibility index (Phi) is 3.71. The number of amides is 1. The smallest absolute Gasteiger partial charge is 0.300 e. The van der Waals surface area contributed by atoms with Gasteiger partial charge in [-0.3, -0.25) is 14.9 Å². The van der Waals surface area contributed by atoms with Crippen LogP contribution in [0.1, 0.15) is 36.5 Å². The molecule has 1 fully saturated rings. The molecule has 1 aromatic heterocycles. The normalized spacial score (nSPS) is 16.5. The molecule has 0 radical (unpaired) electrons. The Morgan fingerprint density at radius 1 is 1.63 bits per heavy atom. The van der Waals surface area contributed by atoms with Gasteiger partial charge in [0.25, 0.3) is 11.6 Å². The highest BCUT2D eigenvalue weighted by atomic mass is 35.5. The van der Waals surface area contributed by atoms with E-state index in [4.69, 9.17) is 11.6 Å².